The molecule has 1 unspecified atom stereocenters. The third-order valence-corrected chi connectivity index (χ3v) is 1.15. The molecule has 0 saturated carbocycles. The van der Waals surface area contributed by atoms with Crippen LogP contribution in [0.2, 0.25) is 0 Å². The number of nitrogens with zero attached hydrogens (tertiary/aromatic N) is 1. The molecular formula is C5H8NO2Si. The minimum Gasteiger partial charge on any atom is -0.416 e. The molecule has 0 bridgehead atoms. The fraction of sp³-hybridized carbons (Fsp3) is 0.800. The Bertz CT molecular complexity index is 112. The molecule has 0 spiro atoms. The second-order valence-electron chi connectivity index (χ2n) is 1.59. The van der Waals surface area contributed by atoms with E-state index in [4.69, 9.17) is 0 Å². The van der Waals surface area contributed by atoms with Gasteiger partial charge in [-0.25, -0.2) is 9.79 Å². The zero-order chi connectivity index (χ0) is 7.11. The summed E-state index contributed by atoms with van der Waals surface area (Å²) in [6.45, 7) is 2.35. The van der Waals surface area contributed by atoms with Crippen molar-refractivity contribution in [2.45, 2.75) is 19.4 Å². The van der Waals surface area contributed by atoms with Gasteiger partial charge in [-0.15, -0.1) is 0 Å². The van der Waals surface area contributed by atoms with Crippen molar-refractivity contribution >= 4 is 16.6 Å². The SMILES string of the molecule is CCC(CO[Si])N=C=O. The Balaban J connectivity index is 3.53. The largest absolute Gasteiger partial charge is 0.416 e. The summed E-state index contributed by atoms with van der Waals surface area (Å²) in [7, 11) is 2.81. The maximum Gasteiger partial charge on any atom is 0.246 e. The zero-order valence-corrected chi connectivity index (χ0v) is 6.26. The maximum absolute atomic E-state index is 9.69. The molecule has 0 aliphatic carbocycles. The van der Waals surface area contributed by atoms with Crippen LogP contribution in [0.1, 0.15) is 13.3 Å². The maximum atomic E-state index is 9.69. The highest BCUT2D eigenvalue weighted by atomic mass is 28.2. The van der Waals surface area contributed by atoms with Gasteiger partial charge in [-0.2, -0.15) is 0 Å². The molecule has 0 aromatic rings. The Hall–Kier alpha value is -0.443. The van der Waals surface area contributed by atoms with E-state index in [1.807, 2.05) is 6.92 Å². The predicted molar refractivity (Wildman–Crippen MR) is 33.9 cm³/mol. The van der Waals surface area contributed by atoms with Crippen molar-refractivity contribution in [3.8, 4) is 0 Å². The first-order valence-electron chi connectivity index (χ1n) is 2.70. The molecule has 0 aromatic carbocycles. The first kappa shape index (κ1) is 8.56. The lowest BCUT2D eigenvalue weighted by molar-refractivity contribution is 0.311. The van der Waals surface area contributed by atoms with E-state index in [-0.39, 0.29) is 6.04 Å². The first-order valence-corrected chi connectivity index (χ1v) is 3.11. The minimum absolute atomic E-state index is 0.0556. The van der Waals surface area contributed by atoms with Gasteiger partial charge in [-0.3, -0.25) is 0 Å². The predicted octanol–water partition coefficient (Wildman–Crippen LogP) is 0.201. The van der Waals surface area contributed by atoms with E-state index in [1.165, 1.54) is 6.08 Å². The summed E-state index contributed by atoms with van der Waals surface area (Å²) in [5.41, 5.74) is 0. The standard InChI is InChI=1S/C5H8NO2Si/c1-2-5(3-8-9)6-4-7/h5H,2-3H2,1H3. The molecule has 49 valence electrons. The van der Waals surface area contributed by atoms with E-state index >= 15 is 0 Å². The summed E-state index contributed by atoms with van der Waals surface area (Å²) in [5.74, 6) is 0. The number of isocyanates is 1. The topological polar surface area (TPSA) is 38.7 Å². The highest BCUT2D eigenvalue weighted by Gasteiger charge is 2.00. The number of aliphatic imine (C=N–C) groups is 1. The van der Waals surface area contributed by atoms with Crippen LogP contribution in [0.15, 0.2) is 4.99 Å². The van der Waals surface area contributed by atoms with E-state index in [9.17, 15) is 4.79 Å². The fourth-order valence-electron chi connectivity index (χ4n) is 0.417. The van der Waals surface area contributed by atoms with Crippen molar-refractivity contribution in [3.05, 3.63) is 0 Å². The summed E-state index contributed by atoms with van der Waals surface area (Å²) in [6, 6.07) is -0.0556. The Morgan fingerprint density at radius 2 is 2.56 bits per heavy atom. The van der Waals surface area contributed by atoms with Crippen LogP contribution in [0.4, 0.5) is 0 Å². The van der Waals surface area contributed by atoms with Crippen LogP contribution in [0.5, 0.6) is 0 Å². The van der Waals surface area contributed by atoms with Crippen LogP contribution in [-0.4, -0.2) is 29.2 Å². The van der Waals surface area contributed by atoms with Crippen molar-refractivity contribution in [3.63, 3.8) is 0 Å². The summed E-state index contributed by atoms with van der Waals surface area (Å²) in [4.78, 5) is 13.2. The number of hydrogen-bond acceptors (Lipinski definition) is 3. The van der Waals surface area contributed by atoms with Crippen LogP contribution in [0.25, 0.3) is 0 Å². The smallest absolute Gasteiger partial charge is 0.246 e. The molecule has 0 aliphatic heterocycles. The molecule has 0 rings (SSSR count). The van der Waals surface area contributed by atoms with E-state index < -0.39 is 0 Å². The average molecular weight is 142 g/mol. The molecule has 0 saturated heterocycles. The third-order valence-electron chi connectivity index (χ3n) is 0.982. The van der Waals surface area contributed by atoms with Crippen molar-refractivity contribution in [1.29, 1.82) is 0 Å². The van der Waals surface area contributed by atoms with Crippen LogP contribution < -0.4 is 0 Å². The molecule has 0 amide bonds. The van der Waals surface area contributed by atoms with Gasteiger partial charge < -0.3 is 4.43 Å². The lowest BCUT2D eigenvalue weighted by Gasteiger charge is -2.03. The van der Waals surface area contributed by atoms with Gasteiger partial charge in [0.1, 0.15) is 0 Å². The molecule has 9 heavy (non-hydrogen) atoms. The molecule has 0 fully saturated rings. The summed E-state index contributed by atoms with van der Waals surface area (Å²) < 4.78 is 4.58. The van der Waals surface area contributed by atoms with Gasteiger partial charge in [-0.05, 0) is 6.42 Å². The average Bonchev–Trinajstić information content (AvgIpc) is 1.88. The lowest BCUT2D eigenvalue weighted by Crippen LogP contribution is -2.10. The second kappa shape index (κ2) is 5.69. The van der Waals surface area contributed by atoms with Crippen molar-refractivity contribution in [2.24, 2.45) is 4.99 Å². The fourth-order valence-corrected chi connectivity index (χ4v) is 0.610. The zero-order valence-electron chi connectivity index (χ0n) is 5.26. The number of rotatable bonds is 4. The van der Waals surface area contributed by atoms with Crippen molar-refractivity contribution < 1.29 is 9.22 Å². The molecular weight excluding hydrogens is 134 g/mol. The monoisotopic (exact) mass is 142 g/mol. The van der Waals surface area contributed by atoms with E-state index in [0.717, 1.165) is 6.42 Å². The van der Waals surface area contributed by atoms with Gasteiger partial charge >= 0.3 is 0 Å². The van der Waals surface area contributed by atoms with Gasteiger partial charge in [0.2, 0.25) is 16.6 Å². The summed E-state index contributed by atoms with van der Waals surface area (Å²) in [6.07, 6.45) is 2.27. The van der Waals surface area contributed by atoms with Gasteiger partial charge in [0.25, 0.3) is 0 Å². The molecule has 0 aromatic heterocycles. The van der Waals surface area contributed by atoms with Crippen LogP contribution >= 0.6 is 0 Å². The molecule has 0 N–H and O–H groups in total. The summed E-state index contributed by atoms with van der Waals surface area (Å²) >= 11 is 0. The summed E-state index contributed by atoms with van der Waals surface area (Å²) in [5, 5.41) is 0. The van der Waals surface area contributed by atoms with Crippen LogP contribution in [0, 0.1) is 0 Å². The molecule has 1 atom stereocenters. The van der Waals surface area contributed by atoms with Crippen LogP contribution in [0.3, 0.4) is 0 Å². The lowest BCUT2D eigenvalue weighted by atomic mass is 10.3. The Morgan fingerprint density at radius 3 is 2.89 bits per heavy atom. The van der Waals surface area contributed by atoms with Crippen molar-refractivity contribution in [2.75, 3.05) is 6.61 Å². The third kappa shape index (κ3) is 4.09. The van der Waals surface area contributed by atoms with Crippen LogP contribution in [-0.2, 0) is 9.22 Å². The molecule has 0 heterocycles. The van der Waals surface area contributed by atoms with Gasteiger partial charge in [0.05, 0.1) is 12.6 Å². The Kier molecular flexibility index (Phi) is 5.41. The highest BCUT2D eigenvalue weighted by molar-refractivity contribution is 5.97. The second-order valence-corrected chi connectivity index (χ2v) is 1.88. The molecule has 4 heteroatoms. The quantitative estimate of drug-likeness (QED) is 0.319. The molecule has 0 aliphatic rings. The minimum atomic E-state index is -0.0556. The van der Waals surface area contributed by atoms with Gasteiger partial charge in [-0.1, -0.05) is 6.92 Å². The number of carbonyl (C=O) groups excluding carboxylic acids is 1. The van der Waals surface area contributed by atoms with E-state index in [2.05, 4.69) is 19.9 Å². The van der Waals surface area contributed by atoms with Gasteiger partial charge in [0.15, 0.2) is 0 Å². The van der Waals surface area contributed by atoms with E-state index in [0.29, 0.717) is 6.61 Å². The Morgan fingerprint density at radius 1 is 1.89 bits per heavy atom. The molecule has 3 nitrogen and oxygen atoms in total. The first-order chi connectivity index (χ1) is 4.35. The normalized spacial score (nSPS) is 12.2. The van der Waals surface area contributed by atoms with Gasteiger partial charge in [0, 0.05) is 0 Å². The molecule has 3 radical (unpaired) electrons. The highest BCUT2D eigenvalue weighted by Crippen LogP contribution is 1.94. The van der Waals surface area contributed by atoms with Crippen molar-refractivity contribution in [1.82, 2.24) is 0 Å². The van der Waals surface area contributed by atoms with E-state index in [1.54, 1.807) is 0 Å². The Labute approximate surface area is 57.7 Å². The number of hydrogen-bond donors (Lipinski definition) is 0.